The molecule has 0 bridgehead atoms. The van der Waals surface area contributed by atoms with Crippen molar-refractivity contribution in [3.05, 3.63) is 71.8 Å². The molecule has 3 aromatic carbocycles. The lowest BCUT2D eigenvalue weighted by Crippen LogP contribution is -2.44. The van der Waals surface area contributed by atoms with E-state index in [0.717, 1.165) is 24.5 Å². The van der Waals surface area contributed by atoms with Gasteiger partial charge in [0.1, 0.15) is 11.9 Å². The highest BCUT2D eigenvalue weighted by Gasteiger charge is 2.24. The molecule has 144 valence electrons. The summed E-state index contributed by atoms with van der Waals surface area (Å²) >= 11 is 0. The standard InChI is InChI=1S/C23H23N3O.ClH/c1-16(20-9-5-7-18-6-3-4-8-21(18)20)25-14-19-15-26(2)22-11-10-17(13-24)12-23(22)27-19;/h3-12,16,19,25H,14-15H2,1-2H3;1H/t16-,19?;/m1./s1. The van der Waals surface area contributed by atoms with Crippen molar-refractivity contribution in [2.45, 2.75) is 19.1 Å². The van der Waals surface area contributed by atoms with Gasteiger partial charge in [-0.15, -0.1) is 12.4 Å². The van der Waals surface area contributed by atoms with E-state index in [1.807, 2.05) is 18.2 Å². The number of nitrogens with one attached hydrogen (secondary N) is 1. The molecule has 0 fully saturated rings. The molecule has 0 saturated carbocycles. The molecule has 0 aliphatic carbocycles. The normalized spacial score (nSPS) is 16.5. The van der Waals surface area contributed by atoms with Gasteiger partial charge in [-0.3, -0.25) is 0 Å². The second-order valence-corrected chi connectivity index (χ2v) is 7.11. The van der Waals surface area contributed by atoms with Crippen molar-refractivity contribution in [2.24, 2.45) is 0 Å². The molecule has 0 amide bonds. The Morgan fingerprint density at radius 3 is 2.79 bits per heavy atom. The van der Waals surface area contributed by atoms with E-state index in [2.05, 4.69) is 72.7 Å². The van der Waals surface area contributed by atoms with E-state index in [4.69, 9.17) is 10.00 Å². The maximum Gasteiger partial charge on any atom is 0.144 e. The van der Waals surface area contributed by atoms with Crippen LogP contribution in [0.3, 0.4) is 0 Å². The highest BCUT2D eigenvalue weighted by molar-refractivity contribution is 5.86. The van der Waals surface area contributed by atoms with Gasteiger partial charge in [0.25, 0.3) is 0 Å². The van der Waals surface area contributed by atoms with E-state index < -0.39 is 0 Å². The predicted molar refractivity (Wildman–Crippen MR) is 116 cm³/mol. The first-order valence-electron chi connectivity index (χ1n) is 9.28. The van der Waals surface area contributed by atoms with Crippen LogP contribution in [-0.4, -0.2) is 26.2 Å². The summed E-state index contributed by atoms with van der Waals surface area (Å²) in [5.74, 6) is 0.785. The Kier molecular flexibility index (Phi) is 6.08. The lowest BCUT2D eigenvalue weighted by atomic mass is 9.99. The number of benzene rings is 3. The number of nitriles is 1. The molecule has 4 nitrogen and oxygen atoms in total. The Balaban J connectivity index is 0.00000225. The van der Waals surface area contributed by atoms with Crippen molar-refractivity contribution in [1.29, 1.82) is 5.26 Å². The van der Waals surface area contributed by atoms with Gasteiger partial charge < -0.3 is 15.0 Å². The Bertz CT molecular complexity index is 1010. The first kappa shape index (κ1) is 20.0. The number of ether oxygens (including phenoxy) is 1. The third-order valence-corrected chi connectivity index (χ3v) is 5.21. The van der Waals surface area contributed by atoms with E-state index in [9.17, 15) is 0 Å². The number of fused-ring (bicyclic) bond motifs is 2. The number of hydrogen-bond acceptors (Lipinski definition) is 4. The van der Waals surface area contributed by atoms with Crippen LogP contribution in [-0.2, 0) is 0 Å². The molecule has 5 heteroatoms. The van der Waals surface area contributed by atoms with Gasteiger partial charge in [0.2, 0.25) is 0 Å². The molecule has 0 saturated heterocycles. The van der Waals surface area contributed by atoms with E-state index in [0.29, 0.717) is 5.56 Å². The zero-order valence-electron chi connectivity index (χ0n) is 16.1. The fraction of sp³-hybridized carbons (Fsp3) is 0.261. The minimum Gasteiger partial charge on any atom is -0.485 e. The van der Waals surface area contributed by atoms with Gasteiger partial charge in [0.05, 0.1) is 23.9 Å². The average molecular weight is 394 g/mol. The van der Waals surface area contributed by atoms with Crippen molar-refractivity contribution in [3.8, 4) is 11.8 Å². The number of anilines is 1. The molecule has 1 aliphatic rings. The van der Waals surface area contributed by atoms with E-state index in [-0.39, 0.29) is 24.6 Å². The summed E-state index contributed by atoms with van der Waals surface area (Å²) in [6.45, 7) is 3.75. The van der Waals surface area contributed by atoms with Gasteiger partial charge in [0, 0.05) is 25.7 Å². The van der Waals surface area contributed by atoms with Gasteiger partial charge >= 0.3 is 0 Å². The van der Waals surface area contributed by atoms with Crippen LogP contribution in [0.15, 0.2) is 60.7 Å². The smallest absolute Gasteiger partial charge is 0.144 e. The molecule has 1 aliphatic heterocycles. The van der Waals surface area contributed by atoms with Crippen LogP contribution in [0.25, 0.3) is 10.8 Å². The van der Waals surface area contributed by atoms with E-state index >= 15 is 0 Å². The molecule has 3 aromatic rings. The molecule has 1 N–H and O–H groups in total. The Morgan fingerprint density at radius 1 is 1.18 bits per heavy atom. The molecular formula is C23H24ClN3O. The van der Waals surface area contributed by atoms with Crippen molar-refractivity contribution in [3.63, 3.8) is 0 Å². The summed E-state index contributed by atoms with van der Waals surface area (Å²) in [6, 6.07) is 22.9. The molecule has 28 heavy (non-hydrogen) atoms. The fourth-order valence-electron chi connectivity index (χ4n) is 3.77. The lowest BCUT2D eigenvalue weighted by molar-refractivity contribution is 0.188. The topological polar surface area (TPSA) is 48.3 Å². The lowest BCUT2D eigenvalue weighted by Gasteiger charge is -2.34. The monoisotopic (exact) mass is 393 g/mol. The Hall–Kier alpha value is -2.74. The molecule has 1 heterocycles. The summed E-state index contributed by atoms with van der Waals surface area (Å²) < 4.78 is 6.16. The van der Waals surface area contributed by atoms with Gasteiger partial charge in [-0.25, -0.2) is 0 Å². The Labute approximate surface area is 172 Å². The average Bonchev–Trinajstić information content (AvgIpc) is 2.71. The van der Waals surface area contributed by atoms with Crippen LogP contribution < -0.4 is 15.0 Å². The molecule has 0 spiro atoms. The van der Waals surface area contributed by atoms with Crippen LogP contribution in [0.4, 0.5) is 5.69 Å². The maximum atomic E-state index is 9.13. The quantitative estimate of drug-likeness (QED) is 0.699. The number of nitrogens with zero attached hydrogens (tertiary/aromatic N) is 2. The number of likely N-dealkylation sites (N-methyl/N-ethyl adjacent to an activating group) is 1. The van der Waals surface area contributed by atoms with E-state index in [1.54, 1.807) is 0 Å². The second kappa shape index (κ2) is 8.52. The largest absolute Gasteiger partial charge is 0.485 e. The van der Waals surface area contributed by atoms with Crippen molar-refractivity contribution >= 4 is 28.9 Å². The molecule has 0 radical (unpaired) electrons. The zero-order valence-corrected chi connectivity index (χ0v) is 16.9. The van der Waals surface area contributed by atoms with Crippen molar-refractivity contribution in [1.82, 2.24) is 5.32 Å². The van der Waals surface area contributed by atoms with Gasteiger partial charge in [-0.1, -0.05) is 42.5 Å². The Morgan fingerprint density at radius 2 is 1.96 bits per heavy atom. The summed E-state index contributed by atoms with van der Waals surface area (Å²) in [7, 11) is 2.06. The second-order valence-electron chi connectivity index (χ2n) is 7.11. The minimum atomic E-state index is 0. The zero-order chi connectivity index (χ0) is 18.8. The third kappa shape index (κ3) is 3.91. The molecule has 1 unspecified atom stereocenters. The fourth-order valence-corrected chi connectivity index (χ4v) is 3.77. The van der Waals surface area contributed by atoms with Gasteiger partial charge in [0.15, 0.2) is 0 Å². The maximum absolute atomic E-state index is 9.13. The number of hydrogen-bond donors (Lipinski definition) is 1. The van der Waals surface area contributed by atoms with Crippen LogP contribution in [0.1, 0.15) is 24.1 Å². The van der Waals surface area contributed by atoms with Crippen molar-refractivity contribution < 1.29 is 4.74 Å². The number of halogens is 1. The van der Waals surface area contributed by atoms with Gasteiger partial charge in [-0.2, -0.15) is 5.26 Å². The first-order valence-corrected chi connectivity index (χ1v) is 9.28. The third-order valence-electron chi connectivity index (χ3n) is 5.21. The molecule has 4 rings (SSSR count). The van der Waals surface area contributed by atoms with Gasteiger partial charge in [-0.05, 0) is 35.4 Å². The summed E-state index contributed by atoms with van der Waals surface area (Å²) in [5, 5.41) is 15.3. The molecule has 0 aromatic heterocycles. The molecule has 2 atom stereocenters. The van der Waals surface area contributed by atoms with Crippen molar-refractivity contribution in [2.75, 3.05) is 25.0 Å². The molecular weight excluding hydrogens is 370 g/mol. The van der Waals surface area contributed by atoms with Crippen LogP contribution in [0, 0.1) is 11.3 Å². The number of rotatable bonds is 4. The minimum absolute atomic E-state index is 0. The first-order chi connectivity index (χ1) is 13.2. The summed E-state index contributed by atoms with van der Waals surface area (Å²) in [6.07, 6.45) is 0.0360. The van der Waals surface area contributed by atoms with E-state index in [1.165, 1.54) is 16.3 Å². The van der Waals surface area contributed by atoms with Crippen LogP contribution in [0.5, 0.6) is 5.75 Å². The van der Waals surface area contributed by atoms with Crippen LogP contribution in [0.2, 0.25) is 0 Å². The summed E-state index contributed by atoms with van der Waals surface area (Å²) in [4.78, 5) is 2.19. The highest BCUT2D eigenvalue weighted by Crippen LogP contribution is 2.33. The SMILES string of the molecule is C[C@@H](NCC1CN(C)c2ccc(C#N)cc2O1)c1cccc2ccccc12.Cl. The van der Waals surface area contributed by atoms with Crippen LogP contribution >= 0.6 is 12.4 Å². The predicted octanol–water partition coefficient (Wildman–Crippen LogP) is 4.68. The highest BCUT2D eigenvalue weighted by atomic mass is 35.5. The summed E-state index contributed by atoms with van der Waals surface area (Å²) in [5.41, 5.74) is 2.96.